The zero-order valence-corrected chi connectivity index (χ0v) is 14.1. The second-order valence-electron chi connectivity index (χ2n) is 6.18. The summed E-state index contributed by atoms with van der Waals surface area (Å²) < 4.78 is 1.88. The van der Waals surface area contributed by atoms with Crippen molar-refractivity contribution in [1.29, 1.82) is 0 Å². The van der Waals surface area contributed by atoms with Crippen LogP contribution in [0, 0.1) is 6.92 Å². The molecule has 0 fully saturated rings. The molecule has 0 spiro atoms. The van der Waals surface area contributed by atoms with Crippen LogP contribution in [0.1, 0.15) is 11.1 Å². The molecule has 1 aromatic heterocycles. The standard InChI is InChI=1S/C22H19N3/c1-17-7-5-6-10-21(17)19-13-11-18(12-14-19)15-25-16-22(23-24-25)20-8-3-2-4-9-20/h2-14,16H,15H2,1H3. The van der Waals surface area contributed by atoms with Gasteiger partial charge in [-0.2, -0.15) is 0 Å². The van der Waals surface area contributed by atoms with E-state index in [1.165, 1.54) is 22.3 Å². The molecule has 122 valence electrons. The van der Waals surface area contributed by atoms with Crippen LogP contribution in [-0.4, -0.2) is 15.0 Å². The van der Waals surface area contributed by atoms with E-state index < -0.39 is 0 Å². The fourth-order valence-electron chi connectivity index (χ4n) is 2.99. The molecule has 0 N–H and O–H groups in total. The first-order valence-corrected chi connectivity index (χ1v) is 8.40. The average molecular weight is 325 g/mol. The van der Waals surface area contributed by atoms with Crippen LogP contribution in [0.5, 0.6) is 0 Å². The van der Waals surface area contributed by atoms with Crippen molar-refractivity contribution in [1.82, 2.24) is 15.0 Å². The van der Waals surface area contributed by atoms with Crippen LogP contribution in [-0.2, 0) is 6.54 Å². The number of hydrogen-bond acceptors (Lipinski definition) is 2. The summed E-state index contributed by atoms with van der Waals surface area (Å²) in [7, 11) is 0. The molecule has 0 aliphatic carbocycles. The van der Waals surface area contributed by atoms with Crippen molar-refractivity contribution in [2.24, 2.45) is 0 Å². The van der Waals surface area contributed by atoms with Crippen LogP contribution in [0.4, 0.5) is 0 Å². The zero-order valence-electron chi connectivity index (χ0n) is 14.1. The maximum absolute atomic E-state index is 4.27. The van der Waals surface area contributed by atoms with E-state index in [-0.39, 0.29) is 0 Å². The van der Waals surface area contributed by atoms with E-state index in [0.29, 0.717) is 6.54 Å². The van der Waals surface area contributed by atoms with Gasteiger partial charge in [0, 0.05) is 5.56 Å². The minimum Gasteiger partial charge on any atom is -0.247 e. The molecule has 3 heteroatoms. The fraction of sp³-hybridized carbons (Fsp3) is 0.0909. The monoisotopic (exact) mass is 325 g/mol. The molecule has 4 aromatic rings. The minimum absolute atomic E-state index is 0.716. The summed E-state index contributed by atoms with van der Waals surface area (Å²) in [6.07, 6.45) is 1.99. The maximum atomic E-state index is 4.27. The van der Waals surface area contributed by atoms with Gasteiger partial charge in [-0.15, -0.1) is 5.10 Å². The van der Waals surface area contributed by atoms with Crippen molar-refractivity contribution in [2.45, 2.75) is 13.5 Å². The van der Waals surface area contributed by atoms with Crippen molar-refractivity contribution in [2.75, 3.05) is 0 Å². The molecule has 0 unspecified atom stereocenters. The van der Waals surface area contributed by atoms with Crippen LogP contribution in [0.15, 0.2) is 85.1 Å². The van der Waals surface area contributed by atoms with E-state index in [2.05, 4.69) is 65.8 Å². The van der Waals surface area contributed by atoms with E-state index in [1.54, 1.807) is 0 Å². The molecule has 0 atom stereocenters. The van der Waals surface area contributed by atoms with Gasteiger partial charge in [0.15, 0.2) is 0 Å². The van der Waals surface area contributed by atoms with E-state index in [4.69, 9.17) is 0 Å². The highest BCUT2D eigenvalue weighted by atomic mass is 15.4. The van der Waals surface area contributed by atoms with Gasteiger partial charge in [0.25, 0.3) is 0 Å². The Hall–Kier alpha value is -3.20. The van der Waals surface area contributed by atoms with Gasteiger partial charge < -0.3 is 0 Å². The lowest BCUT2D eigenvalue weighted by Crippen LogP contribution is -2.00. The van der Waals surface area contributed by atoms with Gasteiger partial charge in [-0.25, -0.2) is 4.68 Å². The highest BCUT2D eigenvalue weighted by molar-refractivity contribution is 5.67. The molecule has 0 bridgehead atoms. The number of hydrogen-bond donors (Lipinski definition) is 0. The summed E-state index contributed by atoms with van der Waals surface area (Å²) in [5.74, 6) is 0. The first-order valence-electron chi connectivity index (χ1n) is 8.40. The van der Waals surface area contributed by atoms with Gasteiger partial charge in [-0.05, 0) is 29.2 Å². The molecule has 0 aliphatic rings. The zero-order chi connectivity index (χ0) is 17.1. The van der Waals surface area contributed by atoms with E-state index in [1.807, 2.05) is 41.2 Å². The fourth-order valence-corrected chi connectivity index (χ4v) is 2.99. The maximum Gasteiger partial charge on any atom is 0.113 e. The normalized spacial score (nSPS) is 10.8. The van der Waals surface area contributed by atoms with Gasteiger partial charge in [0.1, 0.15) is 5.69 Å². The molecule has 0 radical (unpaired) electrons. The van der Waals surface area contributed by atoms with Gasteiger partial charge in [0.2, 0.25) is 0 Å². The predicted molar refractivity (Wildman–Crippen MR) is 101 cm³/mol. The molecule has 25 heavy (non-hydrogen) atoms. The second-order valence-corrected chi connectivity index (χ2v) is 6.18. The summed E-state index contributed by atoms with van der Waals surface area (Å²) in [4.78, 5) is 0. The van der Waals surface area contributed by atoms with E-state index >= 15 is 0 Å². The van der Waals surface area contributed by atoms with Gasteiger partial charge >= 0.3 is 0 Å². The van der Waals surface area contributed by atoms with Crippen molar-refractivity contribution < 1.29 is 0 Å². The summed E-state index contributed by atoms with van der Waals surface area (Å²) >= 11 is 0. The molecular formula is C22H19N3. The van der Waals surface area contributed by atoms with Crippen LogP contribution < -0.4 is 0 Å². The molecule has 3 nitrogen and oxygen atoms in total. The minimum atomic E-state index is 0.716. The summed E-state index contributed by atoms with van der Waals surface area (Å²) in [5.41, 5.74) is 7.01. The first kappa shape index (κ1) is 15.3. The Kier molecular flexibility index (Phi) is 4.13. The number of aromatic nitrogens is 3. The smallest absolute Gasteiger partial charge is 0.113 e. The number of rotatable bonds is 4. The highest BCUT2D eigenvalue weighted by Gasteiger charge is 2.05. The number of nitrogens with zero attached hydrogens (tertiary/aromatic N) is 3. The molecule has 0 saturated carbocycles. The molecule has 0 saturated heterocycles. The largest absolute Gasteiger partial charge is 0.247 e. The van der Waals surface area contributed by atoms with Crippen molar-refractivity contribution >= 4 is 0 Å². The average Bonchev–Trinajstić information content (AvgIpc) is 3.12. The van der Waals surface area contributed by atoms with E-state index in [9.17, 15) is 0 Å². The topological polar surface area (TPSA) is 30.7 Å². The summed E-state index contributed by atoms with van der Waals surface area (Å²) in [6, 6.07) is 27.2. The molecule has 3 aromatic carbocycles. The lowest BCUT2D eigenvalue weighted by molar-refractivity contribution is 0.650. The molecular weight excluding hydrogens is 306 g/mol. The quantitative estimate of drug-likeness (QED) is 0.530. The lowest BCUT2D eigenvalue weighted by atomic mass is 10.00. The van der Waals surface area contributed by atoms with Crippen molar-refractivity contribution in [3.05, 3.63) is 96.2 Å². The first-order chi connectivity index (χ1) is 12.3. The third kappa shape index (κ3) is 3.36. The number of aryl methyl sites for hydroxylation is 1. The van der Waals surface area contributed by atoms with Crippen molar-refractivity contribution in [3.63, 3.8) is 0 Å². The van der Waals surface area contributed by atoms with Gasteiger partial charge in [-0.3, -0.25) is 0 Å². The molecule has 1 heterocycles. The summed E-state index contributed by atoms with van der Waals surface area (Å²) in [6.45, 7) is 2.86. The van der Waals surface area contributed by atoms with E-state index in [0.717, 1.165) is 11.3 Å². The Morgan fingerprint density at radius 3 is 2.24 bits per heavy atom. The summed E-state index contributed by atoms with van der Waals surface area (Å²) in [5, 5.41) is 8.52. The van der Waals surface area contributed by atoms with Crippen molar-refractivity contribution in [3.8, 4) is 22.4 Å². The third-order valence-corrected chi connectivity index (χ3v) is 4.36. The molecule has 0 aliphatic heterocycles. The Balaban J connectivity index is 1.52. The van der Waals surface area contributed by atoms with Crippen LogP contribution in [0.3, 0.4) is 0 Å². The molecule has 0 amide bonds. The van der Waals surface area contributed by atoms with Gasteiger partial charge in [0.05, 0.1) is 12.7 Å². The van der Waals surface area contributed by atoms with Crippen LogP contribution in [0.2, 0.25) is 0 Å². The van der Waals surface area contributed by atoms with Crippen LogP contribution in [0.25, 0.3) is 22.4 Å². The Morgan fingerprint density at radius 1 is 0.760 bits per heavy atom. The molecule has 4 rings (SSSR count). The Bertz CT molecular complexity index is 970. The second kappa shape index (κ2) is 6.73. The Morgan fingerprint density at radius 2 is 1.48 bits per heavy atom. The predicted octanol–water partition coefficient (Wildman–Crippen LogP) is 4.97. The van der Waals surface area contributed by atoms with Crippen LogP contribution >= 0.6 is 0 Å². The van der Waals surface area contributed by atoms with Gasteiger partial charge in [-0.1, -0.05) is 84.1 Å². The lowest BCUT2D eigenvalue weighted by Gasteiger charge is -2.07. The third-order valence-electron chi connectivity index (χ3n) is 4.36. The SMILES string of the molecule is Cc1ccccc1-c1ccc(Cn2cc(-c3ccccc3)nn2)cc1. The number of benzene rings is 3. The highest BCUT2D eigenvalue weighted by Crippen LogP contribution is 2.23. The Labute approximate surface area is 147 Å².